The van der Waals surface area contributed by atoms with Crippen LogP contribution >= 0.6 is 0 Å². The van der Waals surface area contributed by atoms with Gasteiger partial charge in [0.1, 0.15) is 0 Å². The summed E-state index contributed by atoms with van der Waals surface area (Å²) in [6.07, 6.45) is 1.13. The third-order valence-corrected chi connectivity index (χ3v) is 4.12. The lowest BCUT2D eigenvalue weighted by Crippen LogP contribution is -2.30. The number of carbonyl (C=O) groups is 2. The van der Waals surface area contributed by atoms with Crippen LogP contribution in [0.1, 0.15) is 24.8 Å². The van der Waals surface area contributed by atoms with Gasteiger partial charge in [0, 0.05) is 17.7 Å². The first-order chi connectivity index (χ1) is 13.5. The van der Waals surface area contributed by atoms with E-state index in [1.165, 1.54) is 0 Å². The second-order valence-corrected chi connectivity index (χ2v) is 6.48. The number of aryl methyl sites for hydroxylation is 2. The summed E-state index contributed by atoms with van der Waals surface area (Å²) >= 11 is 0. The third-order valence-electron chi connectivity index (χ3n) is 4.12. The van der Waals surface area contributed by atoms with Gasteiger partial charge >= 0.3 is 5.97 Å². The van der Waals surface area contributed by atoms with Gasteiger partial charge < -0.3 is 14.5 Å². The Labute approximate surface area is 163 Å². The summed E-state index contributed by atoms with van der Waals surface area (Å²) in [7, 11) is 0. The summed E-state index contributed by atoms with van der Waals surface area (Å²) in [5.74, 6) is 0.246. The van der Waals surface area contributed by atoms with Crippen LogP contribution in [-0.2, 0) is 20.7 Å². The number of benzene rings is 2. The van der Waals surface area contributed by atoms with Gasteiger partial charge in [0.15, 0.2) is 17.8 Å². The normalized spacial score (nSPS) is 11.6. The van der Waals surface area contributed by atoms with Crippen LogP contribution in [0.2, 0.25) is 0 Å². The molecule has 3 rings (SSSR count). The molecule has 0 bridgehead atoms. The molecule has 0 spiro atoms. The van der Waals surface area contributed by atoms with E-state index in [4.69, 9.17) is 9.15 Å². The van der Waals surface area contributed by atoms with E-state index >= 15 is 0 Å². The highest BCUT2D eigenvalue weighted by molar-refractivity contribution is 5.95. The molecule has 2 aromatic carbocycles. The summed E-state index contributed by atoms with van der Waals surface area (Å²) in [5.41, 5.74) is 2.62. The van der Waals surface area contributed by atoms with Crippen molar-refractivity contribution in [3.63, 3.8) is 0 Å². The minimum atomic E-state index is -0.891. The van der Waals surface area contributed by atoms with Gasteiger partial charge in [0.2, 0.25) is 0 Å². The molecule has 0 radical (unpaired) electrons. The molecule has 0 aliphatic rings. The number of hydrogen-bond donors (Lipinski definition) is 1. The van der Waals surface area contributed by atoms with Crippen molar-refractivity contribution in [2.45, 2.75) is 32.8 Å². The Balaban J connectivity index is 1.47. The van der Waals surface area contributed by atoms with E-state index in [-0.39, 0.29) is 12.3 Å². The zero-order valence-electron chi connectivity index (χ0n) is 15.8. The average molecular weight is 378 g/mol. The van der Waals surface area contributed by atoms with Crippen LogP contribution in [-0.4, -0.2) is 23.0 Å². The fraction of sp³-hybridized carbons (Fsp3) is 0.227. The first-order valence-corrected chi connectivity index (χ1v) is 9.08. The topological polar surface area (TPSA) is 81.4 Å². The number of carbonyl (C=O) groups excluding carboxylic acids is 2. The maximum atomic E-state index is 12.2. The molecule has 28 heavy (non-hydrogen) atoms. The van der Waals surface area contributed by atoms with E-state index in [2.05, 4.69) is 10.3 Å². The average Bonchev–Trinajstić information content (AvgIpc) is 3.16. The Morgan fingerprint density at radius 3 is 2.68 bits per heavy atom. The maximum absolute atomic E-state index is 12.2. The monoisotopic (exact) mass is 378 g/mol. The number of amides is 1. The lowest BCUT2D eigenvalue weighted by Gasteiger charge is -2.13. The number of aromatic nitrogens is 1. The van der Waals surface area contributed by atoms with Crippen molar-refractivity contribution in [3.8, 4) is 11.3 Å². The van der Waals surface area contributed by atoms with Gasteiger partial charge in [-0.25, -0.2) is 4.98 Å². The van der Waals surface area contributed by atoms with Crippen LogP contribution in [0.25, 0.3) is 11.3 Å². The molecule has 144 valence electrons. The molecule has 1 amide bonds. The van der Waals surface area contributed by atoms with Crippen molar-refractivity contribution in [2.75, 3.05) is 5.32 Å². The molecule has 1 aromatic heterocycles. The molecule has 3 aromatic rings. The van der Waals surface area contributed by atoms with Crippen molar-refractivity contribution in [1.82, 2.24) is 4.98 Å². The molecular weight excluding hydrogens is 356 g/mol. The van der Waals surface area contributed by atoms with E-state index in [1.807, 2.05) is 55.5 Å². The van der Waals surface area contributed by atoms with Gasteiger partial charge in [0.05, 0.1) is 12.6 Å². The smallest absolute Gasteiger partial charge is 0.307 e. The molecule has 1 N–H and O–H groups in total. The molecule has 1 heterocycles. The van der Waals surface area contributed by atoms with E-state index < -0.39 is 12.1 Å². The van der Waals surface area contributed by atoms with E-state index in [0.717, 1.165) is 11.1 Å². The van der Waals surface area contributed by atoms with Gasteiger partial charge in [-0.15, -0.1) is 0 Å². The zero-order valence-corrected chi connectivity index (χ0v) is 15.8. The van der Waals surface area contributed by atoms with E-state index in [1.54, 1.807) is 19.2 Å². The van der Waals surface area contributed by atoms with Crippen LogP contribution < -0.4 is 5.32 Å². The molecule has 0 fully saturated rings. The molecule has 6 nitrogen and oxygen atoms in total. The number of esters is 1. The van der Waals surface area contributed by atoms with Crippen molar-refractivity contribution in [1.29, 1.82) is 0 Å². The Morgan fingerprint density at radius 1 is 1.14 bits per heavy atom. The van der Waals surface area contributed by atoms with Crippen LogP contribution in [0.4, 0.5) is 5.69 Å². The highest BCUT2D eigenvalue weighted by Crippen LogP contribution is 2.20. The van der Waals surface area contributed by atoms with Gasteiger partial charge in [-0.2, -0.15) is 0 Å². The zero-order chi connectivity index (χ0) is 19.9. The molecule has 0 saturated heterocycles. The summed E-state index contributed by atoms with van der Waals surface area (Å²) in [6, 6.07) is 17.0. The summed E-state index contributed by atoms with van der Waals surface area (Å²) in [6.45, 7) is 3.48. The number of hydrogen-bond acceptors (Lipinski definition) is 5. The second kappa shape index (κ2) is 8.99. The number of nitrogens with zero attached hydrogens (tertiary/aromatic N) is 1. The van der Waals surface area contributed by atoms with Gasteiger partial charge in [-0.05, 0) is 31.5 Å². The van der Waals surface area contributed by atoms with Crippen molar-refractivity contribution < 1.29 is 18.7 Å². The standard InChI is InChI=1S/C22H22N2O4/c1-15-7-6-10-18(13-15)24-22(26)16(2)27-21(25)12-11-20-23-14-19(28-20)17-8-4-3-5-9-17/h3-10,13-14,16H,11-12H2,1-2H3,(H,24,26). The minimum absolute atomic E-state index is 0.0802. The Hall–Kier alpha value is -3.41. The van der Waals surface area contributed by atoms with Crippen LogP contribution in [0.15, 0.2) is 65.2 Å². The number of ether oxygens (including phenoxy) is 1. The predicted molar refractivity (Wildman–Crippen MR) is 106 cm³/mol. The quantitative estimate of drug-likeness (QED) is 0.625. The summed E-state index contributed by atoms with van der Waals surface area (Å²) in [4.78, 5) is 28.4. The Kier molecular flexibility index (Phi) is 6.22. The number of nitrogens with one attached hydrogen (secondary N) is 1. The van der Waals surface area contributed by atoms with Crippen molar-refractivity contribution >= 4 is 17.6 Å². The fourth-order valence-corrected chi connectivity index (χ4v) is 2.65. The van der Waals surface area contributed by atoms with Crippen molar-refractivity contribution in [3.05, 3.63) is 72.2 Å². The van der Waals surface area contributed by atoms with Gasteiger partial charge in [-0.1, -0.05) is 42.5 Å². The minimum Gasteiger partial charge on any atom is -0.453 e. The molecule has 0 aliphatic carbocycles. The Bertz CT molecular complexity index is 950. The predicted octanol–water partition coefficient (Wildman–Crippen LogP) is 4.15. The fourth-order valence-electron chi connectivity index (χ4n) is 2.65. The number of oxazole rings is 1. The van der Waals surface area contributed by atoms with Crippen LogP contribution in [0, 0.1) is 6.92 Å². The second-order valence-electron chi connectivity index (χ2n) is 6.48. The maximum Gasteiger partial charge on any atom is 0.307 e. The lowest BCUT2D eigenvalue weighted by atomic mass is 10.2. The summed E-state index contributed by atoms with van der Waals surface area (Å²) in [5, 5.41) is 2.74. The van der Waals surface area contributed by atoms with E-state index in [9.17, 15) is 9.59 Å². The van der Waals surface area contributed by atoms with Crippen LogP contribution in [0.5, 0.6) is 0 Å². The molecule has 0 saturated carbocycles. The number of rotatable bonds is 7. The molecular formula is C22H22N2O4. The molecule has 1 unspecified atom stereocenters. The summed E-state index contributed by atoms with van der Waals surface area (Å²) < 4.78 is 10.9. The largest absolute Gasteiger partial charge is 0.453 e. The molecule has 0 aliphatic heterocycles. The Morgan fingerprint density at radius 2 is 1.93 bits per heavy atom. The van der Waals surface area contributed by atoms with E-state index in [0.29, 0.717) is 23.8 Å². The molecule has 6 heteroatoms. The number of anilines is 1. The lowest BCUT2D eigenvalue weighted by molar-refractivity contribution is -0.153. The van der Waals surface area contributed by atoms with Crippen LogP contribution in [0.3, 0.4) is 0 Å². The highest BCUT2D eigenvalue weighted by atomic mass is 16.5. The molecule has 1 atom stereocenters. The highest BCUT2D eigenvalue weighted by Gasteiger charge is 2.18. The van der Waals surface area contributed by atoms with Crippen molar-refractivity contribution in [2.24, 2.45) is 0 Å². The van der Waals surface area contributed by atoms with Gasteiger partial charge in [0.25, 0.3) is 5.91 Å². The first kappa shape index (κ1) is 19.4. The van der Waals surface area contributed by atoms with Gasteiger partial charge in [-0.3, -0.25) is 9.59 Å². The third kappa shape index (κ3) is 5.30. The SMILES string of the molecule is Cc1cccc(NC(=O)C(C)OC(=O)CCc2ncc(-c3ccccc3)o2)c1. The first-order valence-electron chi connectivity index (χ1n) is 9.08.